The molecule has 4 heteroatoms. The lowest BCUT2D eigenvalue weighted by molar-refractivity contribution is 0.111. The summed E-state index contributed by atoms with van der Waals surface area (Å²) in [6.45, 7) is 2.55. The third kappa shape index (κ3) is 1.53. The van der Waals surface area contributed by atoms with Gasteiger partial charge in [0.15, 0.2) is 0 Å². The molecule has 0 saturated heterocycles. The summed E-state index contributed by atoms with van der Waals surface area (Å²) in [7, 11) is 1.40. The number of hydrogen-bond donors (Lipinski definition) is 0. The van der Waals surface area contributed by atoms with Gasteiger partial charge in [-0.2, -0.15) is 0 Å². The number of aromatic nitrogens is 1. The molecule has 0 bridgehead atoms. The molecule has 1 unspecified atom stereocenters. The van der Waals surface area contributed by atoms with E-state index >= 15 is 0 Å². The molecule has 0 N–H and O–H groups in total. The molecule has 2 heterocycles. The first-order chi connectivity index (χ1) is 8.70. The van der Waals surface area contributed by atoms with Gasteiger partial charge in [-0.3, -0.25) is 9.88 Å². The minimum absolute atomic E-state index is 0.0305. The molecule has 4 nitrogen and oxygen atoms in total. The van der Waals surface area contributed by atoms with E-state index in [0.717, 1.165) is 22.2 Å². The molecular weight excluding hydrogens is 228 g/mol. The number of amides is 1. The number of nitrogens with zero attached hydrogens (tertiary/aromatic N) is 2. The average molecular weight is 242 g/mol. The number of pyridine rings is 1. The van der Waals surface area contributed by atoms with Crippen molar-refractivity contribution in [3.63, 3.8) is 0 Å². The second-order valence-corrected chi connectivity index (χ2v) is 4.50. The summed E-state index contributed by atoms with van der Waals surface area (Å²) in [6.07, 6.45) is -0.301. The molecule has 1 aliphatic heterocycles. The fourth-order valence-electron chi connectivity index (χ4n) is 2.47. The van der Waals surface area contributed by atoms with E-state index in [1.807, 2.05) is 31.2 Å². The van der Waals surface area contributed by atoms with Gasteiger partial charge in [0.25, 0.3) is 0 Å². The predicted octanol–water partition coefficient (Wildman–Crippen LogP) is 2.88. The van der Waals surface area contributed by atoms with Gasteiger partial charge in [0.05, 0.1) is 30.9 Å². The van der Waals surface area contributed by atoms with E-state index in [0.29, 0.717) is 6.54 Å². The normalized spacial score (nSPS) is 17.9. The van der Waals surface area contributed by atoms with Crippen molar-refractivity contribution in [3.05, 3.63) is 41.6 Å². The lowest BCUT2D eigenvalue weighted by atomic mass is 10.1. The fourth-order valence-corrected chi connectivity index (χ4v) is 2.47. The van der Waals surface area contributed by atoms with Crippen molar-refractivity contribution in [1.82, 2.24) is 9.88 Å². The first-order valence-corrected chi connectivity index (χ1v) is 5.94. The minimum Gasteiger partial charge on any atom is -0.453 e. The van der Waals surface area contributed by atoms with Crippen LogP contribution in [0.1, 0.15) is 24.2 Å². The van der Waals surface area contributed by atoms with Crippen LogP contribution in [0.4, 0.5) is 4.79 Å². The van der Waals surface area contributed by atoms with Crippen LogP contribution in [0.5, 0.6) is 0 Å². The van der Waals surface area contributed by atoms with Gasteiger partial charge in [0.1, 0.15) is 0 Å². The van der Waals surface area contributed by atoms with E-state index in [9.17, 15) is 4.79 Å². The number of hydrogen-bond acceptors (Lipinski definition) is 3. The van der Waals surface area contributed by atoms with E-state index < -0.39 is 0 Å². The molecule has 3 rings (SSSR count). The molecule has 1 amide bonds. The smallest absolute Gasteiger partial charge is 0.410 e. The van der Waals surface area contributed by atoms with Crippen LogP contribution in [-0.4, -0.2) is 23.1 Å². The van der Waals surface area contributed by atoms with Crippen LogP contribution in [0.25, 0.3) is 10.9 Å². The zero-order chi connectivity index (χ0) is 12.7. The Balaban J connectivity index is 2.09. The molecule has 0 fully saturated rings. The Labute approximate surface area is 105 Å². The summed E-state index contributed by atoms with van der Waals surface area (Å²) in [4.78, 5) is 18.0. The van der Waals surface area contributed by atoms with Crippen molar-refractivity contribution >= 4 is 17.0 Å². The van der Waals surface area contributed by atoms with Crippen molar-refractivity contribution < 1.29 is 9.53 Å². The number of fused-ring (bicyclic) bond motifs is 2. The van der Waals surface area contributed by atoms with Gasteiger partial charge in [-0.25, -0.2) is 4.79 Å². The van der Waals surface area contributed by atoms with E-state index in [-0.39, 0.29) is 12.1 Å². The molecule has 92 valence electrons. The highest BCUT2D eigenvalue weighted by atomic mass is 16.5. The number of methoxy groups -OCH3 is 1. The maximum absolute atomic E-state index is 11.7. The van der Waals surface area contributed by atoms with Crippen LogP contribution in [0.3, 0.4) is 0 Å². The summed E-state index contributed by atoms with van der Waals surface area (Å²) in [5.41, 5.74) is 3.04. The SMILES string of the molecule is COC(=O)N1Cc2cc3ccccc3nc2C1C. The molecule has 0 aliphatic carbocycles. The van der Waals surface area contributed by atoms with Gasteiger partial charge >= 0.3 is 6.09 Å². The van der Waals surface area contributed by atoms with Crippen molar-refractivity contribution in [2.45, 2.75) is 19.5 Å². The zero-order valence-corrected chi connectivity index (χ0v) is 10.4. The topological polar surface area (TPSA) is 42.4 Å². The summed E-state index contributed by atoms with van der Waals surface area (Å²) < 4.78 is 4.79. The first kappa shape index (κ1) is 11.0. The highest BCUT2D eigenvalue weighted by Gasteiger charge is 2.32. The molecule has 1 aromatic carbocycles. The van der Waals surface area contributed by atoms with Gasteiger partial charge in [-0.15, -0.1) is 0 Å². The highest BCUT2D eigenvalue weighted by molar-refractivity contribution is 5.80. The van der Waals surface area contributed by atoms with E-state index in [4.69, 9.17) is 4.74 Å². The summed E-state index contributed by atoms with van der Waals surface area (Å²) in [5.74, 6) is 0. The van der Waals surface area contributed by atoms with Crippen molar-refractivity contribution in [3.8, 4) is 0 Å². The Hall–Kier alpha value is -2.10. The zero-order valence-electron chi connectivity index (χ0n) is 10.4. The van der Waals surface area contributed by atoms with E-state index in [2.05, 4.69) is 11.1 Å². The van der Waals surface area contributed by atoms with Crippen LogP contribution in [0, 0.1) is 0 Å². The highest BCUT2D eigenvalue weighted by Crippen LogP contribution is 2.34. The molecule has 18 heavy (non-hydrogen) atoms. The molecule has 1 aromatic heterocycles. The molecule has 1 aliphatic rings. The van der Waals surface area contributed by atoms with Crippen LogP contribution in [0.15, 0.2) is 30.3 Å². The van der Waals surface area contributed by atoms with Gasteiger partial charge in [0.2, 0.25) is 0 Å². The average Bonchev–Trinajstić information content (AvgIpc) is 2.72. The molecule has 2 aromatic rings. The minimum atomic E-state index is -0.301. The molecule has 0 saturated carbocycles. The van der Waals surface area contributed by atoms with Crippen molar-refractivity contribution in [2.75, 3.05) is 7.11 Å². The molecule has 1 atom stereocenters. The van der Waals surface area contributed by atoms with E-state index in [1.54, 1.807) is 4.90 Å². The van der Waals surface area contributed by atoms with Gasteiger partial charge in [0, 0.05) is 5.39 Å². The van der Waals surface area contributed by atoms with Crippen LogP contribution in [0.2, 0.25) is 0 Å². The summed E-state index contributed by atoms with van der Waals surface area (Å²) in [5, 5.41) is 1.11. The third-order valence-electron chi connectivity index (χ3n) is 3.45. The number of para-hydroxylation sites is 1. The Kier molecular flexibility index (Phi) is 2.44. The Bertz CT molecular complexity index is 624. The predicted molar refractivity (Wildman–Crippen MR) is 68.1 cm³/mol. The van der Waals surface area contributed by atoms with Gasteiger partial charge < -0.3 is 4.74 Å². The van der Waals surface area contributed by atoms with Crippen molar-refractivity contribution in [2.24, 2.45) is 0 Å². The summed E-state index contributed by atoms with van der Waals surface area (Å²) >= 11 is 0. The van der Waals surface area contributed by atoms with E-state index in [1.165, 1.54) is 7.11 Å². The first-order valence-electron chi connectivity index (χ1n) is 5.94. The largest absolute Gasteiger partial charge is 0.453 e. The van der Waals surface area contributed by atoms with Gasteiger partial charge in [-0.1, -0.05) is 18.2 Å². The second-order valence-electron chi connectivity index (χ2n) is 4.50. The number of ether oxygens (including phenoxy) is 1. The fraction of sp³-hybridized carbons (Fsp3) is 0.286. The standard InChI is InChI=1S/C14H14N2O2/c1-9-13-11(8-16(9)14(17)18-2)7-10-5-3-4-6-12(10)15-13/h3-7,9H,8H2,1-2H3. The third-order valence-corrected chi connectivity index (χ3v) is 3.45. The van der Waals surface area contributed by atoms with Crippen LogP contribution < -0.4 is 0 Å². The second kappa shape index (κ2) is 3.98. The lowest BCUT2D eigenvalue weighted by Gasteiger charge is -2.19. The maximum atomic E-state index is 11.7. The number of benzene rings is 1. The monoisotopic (exact) mass is 242 g/mol. The Morgan fingerprint density at radius 3 is 3.00 bits per heavy atom. The van der Waals surface area contributed by atoms with Crippen LogP contribution in [-0.2, 0) is 11.3 Å². The van der Waals surface area contributed by atoms with Crippen LogP contribution >= 0.6 is 0 Å². The quantitative estimate of drug-likeness (QED) is 0.713. The Morgan fingerprint density at radius 2 is 2.22 bits per heavy atom. The van der Waals surface area contributed by atoms with Crippen molar-refractivity contribution in [1.29, 1.82) is 0 Å². The molecule has 0 radical (unpaired) electrons. The maximum Gasteiger partial charge on any atom is 0.410 e. The number of carbonyl (C=O) groups is 1. The Morgan fingerprint density at radius 1 is 1.44 bits per heavy atom. The number of rotatable bonds is 0. The molecule has 0 spiro atoms. The van der Waals surface area contributed by atoms with Gasteiger partial charge in [-0.05, 0) is 24.6 Å². The molecular formula is C14H14N2O2. The summed E-state index contributed by atoms with van der Waals surface area (Å²) in [6, 6.07) is 10.1. The lowest BCUT2D eigenvalue weighted by Crippen LogP contribution is -2.27. The number of carbonyl (C=O) groups excluding carboxylic acids is 1.